The molecular formula is C10H16O4. The second-order valence-electron chi connectivity index (χ2n) is 2.33. The maximum absolute atomic E-state index is 11.0. The van der Waals surface area contributed by atoms with E-state index in [4.69, 9.17) is 9.47 Å². The minimum atomic E-state index is -0.529. The van der Waals surface area contributed by atoms with Crippen LogP contribution < -0.4 is 0 Å². The molecule has 0 saturated carbocycles. The Labute approximate surface area is 84.1 Å². The molecule has 0 bridgehead atoms. The predicted molar refractivity (Wildman–Crippen MR) is 52.5 cm³/mol. The zero-order valence-corrected chi connectivity index (χ0v) is 8.62. The van der Waals surface area contributed by atoms with Crippen LogP contribution in [0.2, 0.25) is 0 Å². The summed E-state index contributed by atoms with van der Waals surface area (Å²) in [6.45, 7) is 7.96. The Morgan fingerprint density at radius 3 is 2.64 bits per heavy atom. The maximum atomic E-state index is 11.0. The van der Waals surface area contributed by atoms with Crippen molar-refractivity contribution >= 4 is 5.97 Å². The Balaban J connectivity index is 3.48. The number of esters is 1. The minimum Gasteiger partial charge on any atom is -0.498 e. The van der Waals surface area contributed by atoms with E-state index in [0.29, 0.717) is 13.2 Å². The van der Waals surface area contributed by atoms with Crippen LogP contribution in [-0.2, 0) is 19.0 Å². The van der Waals surface area contributed by atoms with Crippen LogP contribution in [0.25, 0.3) is 0 Å². The van der Waals surface area contributed by atoms with Crippen LogP contribution >= 0.6 is 0 Å². The van der Waals surface area contributed by atoms with Gasteiger partial charge in [-0.05, 0) is 20.4 Å². The Morgan fingerprint density at radius 2 is 2.07 bits per heavy atom. The van der Waals surface area contributed by atoms with Crippen molar-refractivity contribution in [2.24, 2.45) is 0 Å². The van der Waals surface area contributed by atoms with Gasteiger partial charge in [0.15, 0.2) is 5.76 Å². The maximum Gasteiger partial charge on any atom is 0.372 e. The number of allylic oxidation sites excluding steroid dienone is 1. The topological polar surface area (TPSA) is 44.8 Å². The fraction of sp³-hybridized carbons (Fsp3) is 0.500. The molecule has 4 heteroatoms. The highest BCUT2D eigenvalue weighted by atomic mass is 16.6. The van der Waals surface area contributed by atoms with E-state index in [1.807, 2.05) is 6.92 Å². The first kappa shape index (κ1) is 12.6. The van der Waals surface area contributed by atoms with E-state index in [9.17, 15) is 4.79 Å². The molecule has 80 valence electrons. The molecule has 4 nitrogen and oxygen atoms in total. The van der Waals surface area contributed by atoms with Gasteiger partial charge in [0.25, 0.3) is 0 Å². The number of carbonyl (C=O) groups is 1. The van der Waals surface area contributed by atoms with Gasteiger partial charge in [0.2, 0.25) is 0 Å². The van der Waals surface area contributed by atoms with Gasteiger partial charge in [-0.2, -0.15) is 0 Å². The summed E-state index contributed by atoms with van der Waals surface area (Å²) in [6.07, 6.45) is 3.32. The number of hydrogen-bond acceptors (Lipinski definition) is 4. The van der Waals surface area contributed by atoms with Crippen LogP contribution in [0.4, 0.5) is 0 Å². The first-order valence-electron chi connectivity index (χ1n) is 4.44. The molecule has 0 rings (SSSR count). The highest BCUT2D eigenvalue weighted by molar-refractivity contribution is 5.85. The average Bonchev–Trinajstić information content (AvgIpc) is 2.17. The molecule has 14 heavy (non-hydrogen) atoms. The third kappa shape index (κ3) is 6.11. The molecule has 0 saturated heterocycles. The third-order valence-corrected chi connectivity index (χ3v) is 1.21. The van der Waals surface area contributed by atoms with E-state index in [2.05, 4.69) is 11.3 Å². The van der Waals surface area contributed by atoms with Gasteiger partial charge in [-0.3, -0.25) is 0 Å². The van der Waals surface area contributed by atoms with Crippen molar-refractivity contribution in [3.63, 3.8) is 0 Å². The van der Waals surface area contributed by atoms with Gasteiger partial charge in [-0.1, -0.05) is 6.08 Å². The molecule has 0 unspecified atom stereocenters. The molecule has 0 aliphatic carbocycles. The monoisotopic (exact) mass is 200 g/mol. The van der Waals surface area contributed by atoms with Crippen molar-refractivity contribution in [2.45, 2.75) is 13.8 Å². The number of ether oxygens (including phenoxy) is 3. The molecule has 0 radical (unpaired) electrons. The van der Waals surface area contributed by atoms with Crippen LogP contribution in [0.1, 0.15) is 13.8 Å². The summed E-state index contributed by atoms with van der Waals surface area (Å²) >= 11 is 0. The van der Waals surface area contributed by atoms with Crippen LogP contribution in [0.3, 0.4) is 0 Å². The van der Waals surface area contributed by atoms with Gasteiger partial charge in [-0.15, -0.1) is 0 Å². The summed E-state index contributed by atoms with van der Waals surface area (Å²) in [4.78, 5) is 11.0. The summed E-state index contributed by atoms with van der Waals surface area (Å²) in [5.41, 5.74) is 0. The van der Waals surface area contributed by atoms with Crippen molar-refractivity contribution < 1.29 is 19.0 Å². The van der Waals surface area contributed by atoms with Crippen molar-refractivity contribution in [3.8, 4) is 0 Å². The standard InChI is InChI=1S/C10H16O4/c1-4-6-12-7-8-14-9(3)10(11)13-5-2/h4,6H,3,5,7-8H2,1-2H3/b6-4+. The molecule has 0 spiro atoms. The lowest BCUT2D eigenvalue weighted by molar-refractivity contribution is -0.142. The van der Waals surface area contributed by atoms with Gasteiger partial charge in [0.05, 0.1) is 12.9 Å². The predicted octanol–water partition coefficient (Wildman–Crippen LogP) is 1.63. The molecule has 0 amide bonds. The van der Waals surface area contributed by atoms with E-state index in [0.717, 1.165) is 0 Å². The van der Waals surface area contributed by atoms with E-state index in [-0.39, 0.29) is 12.4 Å². The Kier molecular flexibility index (Phi) is 7.32. The highest BCUT2D eigenvalue weighted by Crippen LogP contribution is 1.96. The van der Waals surface area contributed by atoms with Crippen molar-refractivity contribution in [2.75, 3.05) is 19.8 Å². The van der Waals surface area contributed by atoms with E-state index >= 15 is 0 Å². The Hall–Kier alpha value is -1.45. The lowest BCUT2D eigenvalue weighted by atomic mass is 10.5. The fourth-order valence-corrected chi connectivity index (χ4v) is 0.648. The molecule has 0 atom stereocenters. The Bertz CT molecular complexity index is 208. The summed E-state index contributed by atoms with van der Waals surface area (Å²) in [5.74, 6) is -0.519. The average molecular weight is 200 g/mol. The quantitative estimate of drug-likeness (QED) is 0.271. The fourth-order valence-electron chi connectivity index (χ4n) is 0.648. The molecular weight excluding hydrogens is 184 g/mol. The van der Waals surface area contributed by atoms with Gasteiger partial charge in [-0.25, -0.2) is 4.79 Å². The lowest BCUT2D eigenvalue weighted by Gasteiger charge is -2.07. The molecule has 0 aromatic carbocycles. The lowest BCUT2D eigenvalue weighted by Crippen LogP contribution is -2.11. The van der Waals surface area contributed by atoms with E-state index in [1.54, 1.807) is 19.3 Å². The second kappa shape index (κ2) is 8.16. The zero-order chi connectivity index (χ0) is 10.8. The minimum absolute atomic E-state index is 0.0101. The molecule has 0 fully saturated rings. The number of hydrogen-bond donors (Lipinski definition) is 0. The Morgan fingerprint density at radius 1 is 1.36 bits per heavy atom. The van der Waals surface area contributed by atoms with E-state index in [1.165, 1.54) is 0 Å². The van der Waals surface area contributed by atoms with Gasteiger partial charge in [0.1, 0.15) is 13.2 Å². The van der Waals surface area contributed by atoms with Crippen molar-refractivity contribution in [1.82, 2.24) is 0 Å². The molecule has 0 N–H and O–H groups in total. The molecule has 0 heterocycles. The summed E-state index contributed by atoms with van der Waals surface area (Å²) in [7, 11) is 0. The van der Waals surface area contributed by atoms with Gasteiger partial charge >= 0.3 is 5.97 Å². The summed E-state index contributed by atoms with van der Waals surface area (Å²) < 4.78 is 14.6. The van der Waals surface area contributed by atoms with Crippen molar-refractivity contribution in [3.05, 3.63) is 24.7 Å². The first-order valence-corrected chi connectivity index (χ1v) is 4.44. The summed E-state index contributed by atoms with van der Waals surface area (Å²) in [6, 6.07) is 0. The smallest absolute Gasteiger partial charge is 0.372 e. The van der Waals surface area contributed by atoms with Crippen LogP contribution in [0, 0.1) is 0 Å². The largest absolute Gasteiger partial charge is 0.498 e. The first-order chi connectivity index (χ1) is 6.72. The van der Waals surface area contributed by atoms with E-state index < -0.39 is 5.97 Å². The van der Waals surface area contributed by atoms with Crippen LogP contribution in [-0.4, -0.2) is 25.8 Å². The third-order valence-electron chi connectivity index (χ3n) is 1.21. The zero-order valence-electron chi connectivity index (χ0n) is 8.62. The van der Waals surface area contributed by atoms with Gasteiger partial charge in [0, 0.05) is 0 Å². The molecule has 0 aliphatic rings. The highest BCUT2D eigenvalue weighted by Gasteiger charge is 2.07. The van der Waals surface area contributed by atoms with Crippen molar-refractivity contribution in [1.29, 1.82) is 0 Å². The van der Waals surface area contributed by atoms with Crippen LogP contribution in [0.15, 0.2) is 24.7 Å². The molecule has 0 aromatic rings. The second-order valence-corrected chi connectivity index (χ2v) is 2.33. The molecule has 0 aliphatic heterocycles. The van der Waals surface area contributed by atoms with Crippen LogP contribution in [0.5, 0.6) is 0 Å². The van der Waals surface area contributed by atoms with Gasteiger partial charge < -0.3 is 14.2 Å². The number of carbonyl (C=O) groups excluding carboxylic acids is 1. The normalized spacial score (nSPS) is 9.86. The number of rotatable bonds is 7. The summed E-state index contributed by atoms with van der Waals surface area (Å²) in [5, 5.41) is 0. The molecule has 0 aromatic heterocycles. The SMILES string of the molecule is C=C(OCCO/C=C/C)C(=O)OCC.